The molecule has 1 fully saturated rings. The molecule has 1 aliphatic carbocycles. The van der Waals surface area contributed by atoms with Gasteiger partial charge in [0.2, 0.25) is 10.0 Å². The number of rotatable bonds is 7. The first-order valence-electron chi connectivity index (χ1n) is 7.24. The lowest BCUT2D eigenvalue weighted by Gasteiger charge is -2.32. The van der Waals surface area contributed by atoms with Crippen LogP contribution in [0.3, 0.4) is 0 Å². The van der Waals surface area contributed by atoms with Gasteiger partial charge in [-0.2, -0.15) is 0 Å². The summed E-state index contributed by atoms with van der Waals surface area (Å²) in [6, 6.07) is 1.93. The van der Waals surface area contributed by atoms with Crippen LogP contribution in [0.1, 0.15) is 42.9 Å². The zero-order valence-electron chi connectivity index (χ0n) is 12.4. The SMILES string of the molecule is CCCNCc1cc(S(=O)(=O)NC2CC(C)C2)c(C)s1. The molecule has 0 aliphatic heterocycles. The van der Waals surface area contributed by atoms with Crippen molar-refractivity contribution in [2.45, 2.75) is 57.5 Å². The molecule has 1 aromatic rings. The maximum Gasteiger partial charge on any atom is 0.241 e. The average molecular weight is 316 g/mol. The first-order chi connectivity index (χ1) is 9.42. The predicted octanol–water partition coefficient (Wildman–Crippen LogP) is 2.63. The van der Waals surface area contributed by atoms with E-state index in [1.165, 1.54) is 0 Å². The van der Waals surface area contributed by atoms with Crippen LogP contribution in [0.25, 0.3) is 0 Å². The Balaban J connectivity index is 2.03. The molecule has 1 aromatic heterocycles. The first-order valence-corrected chi connectivity index (χ1v) is 9.54. The molecule has 0 radical (unpaired) electrons. The minimum Gasteiger partial charge on any atom is -0.312 e. The Hall–Kier alpha value is -0.430. The summed E-state index contributed by atoms with van der Waals surface area (Å²) in [5.41, 5.74) is 0. The second-order valence-electron chi connectivity index (χ2n) is 5.70. The molecule has 0 amide bonds. The molecule has 0 spiro atoms. The molecule has 0 unspecified atom stereocenters. The molecule has 0 saturated heterocycles. The van der Waals surface area contributed by atoms with E-state index in [0.29, 0.717) is 10.8 Å². The fraction of sp³-hybridized carbons (Fsp3) is 0.714. The van der Waals surface area contributed by atoms with Gasteiger partial charge in [0.1, 0.15) is 0 Å². The standard InChI is InChI=1S/C14H24N2O2S2/c1-4-5-15-9-13-8-14(11(3)19-13)20(17,18)16-12-6-10(2)7-12/h8,10,12,15-16H,4-7,9H2,1-3H3. The van der Waals surface area contributed by atoms with Crippen molar-refractivity contribution in [2.24, 2.45) is 5.92 Å². The molecule has 1 saturated carbocycles. The molecule has 20 heavy (non-hydrogen) atoms. The first kappa shape index (κ1) is 15.9. The van der Waals surface area contributed by atoms with Gasteiger partial charge in [-0.25, -0.2) is 13.1 Å². The van der Waals surface area contributed by atoms with Crippen molar-refractivity contribution in [3.8, 4) is 0 Å². The van der Waals surface area contributed by atoms with Gasteiger partial charge in [-0.15, -0.1) is 11.3 Å². The van der Waals surface area contributed by atoms with Crippen molar-refractivity contribution >= 4 is 21.4 Å². The third-order valence-electron chi connectivity index (χ3n) is 3.63. The van der Waals surface area contributed by atoms with Crippen molar-refractivity contribution in [1.82, 2.24) is 10.0 Å². The van der Waals surface area contributed by atoms with Crippen LogP contribution in [0, 0.1) is 12.8 Å². The molecule has 2 rings (SSSR count). The Morgan fingerprint density at radius 2 is 2.10 bits per heavy atom. The number of hydrogen-bond donors (Lipinski definition) is 2. The van der Waals surface area contributed by atoms with E-state index in [-0.39, 0.29) is 6.04 Å². The Labute approximate surface area is 126 Å². The van der Waals surface area contributed by atoms with E-state index < -0.39 is 10.0 Å². The molecular formula is C14H24N2O2S2. The van der Waals surface area contributed by atoms with Crippen molar-refractivity contribution < 1.29 is 8.42 Å². The monoisotopic (exact) mass is 316 g/mol. The zero-order valence-corrected chi connectivity index (χ0v) is 14.0. The molecule has 0 atom stereocenters. The van der Waals surface area contributed by atoms with Crippen LogP contribution in [0.2, 0.25) is 0 Å². The lowest BCUT2D eigenvalue weighted by atomic mass is 9.83. The largest absolute Gasteiger partial charge is 0.312 e. The summed E-state index contributed by atoms with van der Waals surface area (Å²) in [5, 5.41) is 3.31. The minimum absolute atomic E-state index is 0.121. The highest BCUT2D eigenvalue weighted by atomic mass is 32.2. The quantitative estimate of drug-likeness (QED) is 0.760. The highest BCUT2D eigenvalue weighted by molar-refractivity contribution is 7.89. The van der Waals surface area contributed by atoms with Gasteiger partial charge in [-0.3, -0.25) is 0 Å². The molecule has 4 nitrogen and oxygen atoms in total. The van der Waals surface area contributed by atoms with E-state index in [9.17, 15) is 8.42 Å². The molecule has 1 heterocycles. The van der Waals surface area contributed by atoms with E-state index >= 15 is 0 Å². The van der Waals surface area contributed by atoms with Gasteiger partial charge in [0.25, 0.3) is 0 Å². The molecule has 2 N–H and O–H groups in total. The number of sulfonamides is 1. The van der Waals surface area contributed by atoms with Crippen molar-refractivity contribution in [3.63, 3.8) is 0 Å². The van der Waals surface area contributed by atoms with Crippen LogP contribution in [0.5, 0.6) is 0 Å². The number of hydrogen-bond acceptors (Lipinski definition) is 4. The highest BCUT2D eigenvalue weighted by Gasteiger charge is 2.31. The summed E-state index contributed by atoms with van der Waals surface area (Å²) in [5.74, 6) is 0.639. The number of nitrogens with one attached hydrogen (secondary N) is 2. The maximum absolute atomic E-state index is 12.4. The smallest absolute Gasteiger partial charge is 0.241 e. The van der Waals surface area contributed by atoms with Gasteiger partial charge in [0.15, 0.2) is 0 Å². The summed E-state index contributed by atoms with van der Waals surface area (Å²) in [4.78, 5) is 2.41. The van der Waals surface area contributed by atoms with Crippen molar-refractivity contribution in [3.05, 3.63) is 15.8 Å². The molecule has 114 valence electrons. The van der Waals surface area contributed by atoms with E-state index in [1.54, 1.807) is 11.3 Å². The summed E-state index contributed by atoms with van der Waals surface area (Å²) >= 11 is 1.56. The minimum atomic E-state index is -3.35. The molecule has 1 aliphatic rings. The van der Waals surface area contributed by atoms with Crippen molar-refractivity contribution in [1.29, 1.82) is 0 Å². The lowest BCUT2D eigenvalue weighted by Crippen LogP contribution is -2.43. The zero-order chi connectivity index (χ0) is 14.8. The van der Waals surface area contributed by atoms with Crippen LogP contribution in [-0.4, -0.2) is 21.0 Å². The Morgan fingerprint density at radius 3 is 2.70 bits per heavy atom. The fourth-order valence-electron chi connectivity index (χ4n) is 2.55. The second-order valence-corrected chi connectivity index (χ2v) is 8.73. The van der Waals surface area contributed by atoms with E-state index in [0.717, 1.165) is 42.1 Å². The molecule has 0 aromatic carbocycles. The highest BCUT2D eigenvalue weighted by Crippen LogP contribution is 2.30. The summed E-state index contributed by atoms with van der Waals surface area (Å²) < 4.78 is 27.6. The third-order valence-corrected chi connectivity index (χ3v) is 6.46. The topological polar surface area (TPSA) is 58.2 Å². The molecular weight excluding hydrogens is 292 g/mol. The van der Waals surface area contributed by atoms with E-state index in [1.807, 2.05) is 13.0 Å². The van der Waals surface area contributed by atoms with Crippen LogP contribution in [0.4, 0.5) is 0 Å². The van der Waals surface area contributed by atoms with Crippen LogP contribution in [-0.2, 0) is 16.6 Å². The third kappa shape index (κ3) is 3.81. The second kappa shape index (κ2) is 6.56. The Kier molecular flexibility index (Phi) is 5.23. The molecule has 6 heteroatoms. The van der Waals surface area contributed by atoms with Gasteiger partial charge in [0.05, 0.1) is 4.90 Å². The van der Waals surface area contributed by atoms with Gasteiger partial charge in [0, 0.05) is 22.3 Å². The number of thiophene rings is 1. The Bertz CT molecular complexity index is 546. The van der Waals surface area contributed by atoms with Gasteiger partial charge >= 0.3 is 0 Å². The van der Waals surface area contributed by atoms with E-state index in [2.05, 4.69) is 23.9 Å². The normalized spacial score (nSPS) is 22.8. The molecule has 0 bridgehead atoms. The Morgan fingerprint density at radius 1 is 1.40 bits per heavy atom. The van der Waals surface area contributed by atoms with Crippen LogP contribution < -0.4 is 10.0 Å². The van der Waals surface area contributed by atoms with Gasteiger partial charge < -0.3 is 5.32 Å². The van der Waals surface area contributed by atoms with Crippen LogP contribution >= 0.6 is 11.3 Å². The van der Waals surface area contributed by atoms with Crippen LogP contribution in [0.15, 0.2) is 11.0 Å². The summed E-state index contributed by atoms with van der Waals surface area (Å²) in [7, 11) is -3.35. The summed E-state index contributed by atoms with van der Waals surface area (Å²) in [6.45, 7) is 7.85. The van der Waals surface area contributed by atoms with Crippen molar-refractivity contribution in [2.75, 3.05) is 6.54 Å². The number of aryl methyl sites for hydroxylation is 1. The van der Waals surface area contributed by atoms with Gasteiger partial charge in [-0.1, -0.05) is 13.8 Å². The maximum atomic E-state index is 12.4. The van der Waals surface area contributed by atoms with Gasteiger partial charge in [-0.05, 0) is 44.7 Å². The average Bonchev–Trinajstić information content (AvgIpc) is 2.69. The summed E-state index contributed by atoms with van der Waals surface area (Å²) in [6.07, 6.45) is 2.98. The van der Waals surface area contributed by atoms with E-state index in [4.69, 9.17) is 0 Å². The lowest BCUT2D eigenvalue weighted by molar-refractivity contribution is 0.270. The fourth-order valence-corrected chi connectivity index (χ4v) is 5.41. The predicted molar refractivity (Wildman–Crippen MR) is 83.6 cm³/mol.